The number of hydrogen-bond acceptors (Lipinski definition) is 4. The SMILES string of the molecule is Cc1cc(N(C)C)ccc1C=NNC(=O)c1[nH]ncc1Br. The summed E-state index contributed by atoms with van der Waals surface area (Å²) >= 11 is 3.23. The van der Waals surface area contributed by atoms with Crippen LogP contribution in [0.15, 0.2) is 34.0 Å². The van der Waals surface area contributed by atoms with Gasteiger partial charge in [-0.3, -0.25) is 9.89 Å². The summed E-state index contributed by atoms with van der Waals surface area (Å²) in [4.78, 5) is 13.8. The smallest absolute Gasteiger partial charge is 0.290 e. The predicted molar refractivity (Wildman–Crippen MR) is 86.9 cm³/mol. The number of anilines is 1. The lowest BCUT2D eigenvalue weighted by Crippen LogP contribution is -2.18. The number of benzene rings is 1. The number of nitrogens with one attached hydrogen (secondary N) is 2. The standard InChI is InChI=1S/C14H16BrN5O/c1-9-6-11(20(2)3)5-4-10(9)7-16-19-14(21)13-12(15)8-17-18-13/h4-8H,1-3H3,(H,17,18)(H,19,21). The van der Waals surface area contributed by atoms with Crippen LogP contribution in [0.1, 0.15) is 21.6 Å². The van der Waals surface area contributed by atoms with Gasteiger partial charge in [0.25, 0.3) is 5.91 Å². The second-order valence-electron chi connectivity index (χ2n) is 4.73. The third kappa shape index (κ3) is 3.69. The molecule has 0 bridgehead atoms. The number of aryl methyl sites for hydroxylation is 1. The molecule has 0 saturated heterocycles. The van der Waals surface area contributed by atoms with Crippen molar-refractivity contribution < 1.29 is 4.79 Å². The zero-order valence-electron chi connectivity index (χ0n) is 12.0. The number of aromatic nitrogens is 2. The monoisotopic (exact) mass is 349 g/mol. The molecule has 7 heteroatoms. The molecule has 0 aliphatic rings. The van der Waals surface area contributed by atoms with Gasteiger partial charge in [0.2, 0.25) is 0 Å². The van der Waals surface area contributed by atoms with Crippen molar-refractivity contribution in [1.82, 2.24) is 15.6 Å². The van der Waals surface area contributed by atoms with Gasteiger partial charge in [-0.05, 0) is 46.1 Å². The molecule has 2 rings (SSSR count). The topological polar surface area (TPSA) is 73.4 Å². The van der Waals surface area contributed by atoms with Crippen LogP contribution >= 0.6 is 15.9 Å². The highest BCUT2D eigenvalue weighted by Gasteiger charge is 2.10. The molecule has 2 N–H and O–H groups in total. The zero-order valence-corrected chi connectivity index (χ0v) is 13.6. The molecule has 0 aliphatic heterocycles. The van der Waals surface area contributed by atoms with E-state index < -0.39 is 0 Å². The van der Waals surface area contributed by atoms with Crippen LogP contribution < -0.4 is 10.3 Å². The molecule has 1 heterocycles. The molecule has 2 aromatic rings. The van der Waals surface area contributed by atoms with Gasteiger partial charge >= 0.3 is 0 Å². The maximum Gasteiger partial charge on any atom is 0.290 e. The van der Waals surface area contributed by atoms with Crippen molar-refractivity contribution in [2.24, 2.45) is 5.10 Å². The van der Waals surface area contributed by atoms with Crippen molar-refractivity contribution in [3.05, 3.63) is 45.7 Å². The van der Waals surface area contributed by atoms with E-state index in [1.807, 2.05) is 38.1 Å². The fourth-order valence-corrected chi connectivity index (χ4v) is 2.10. The number of nitrogens with zero attached hydrogens (tertiary/aromatic N) is 3. The maximum atomic E-state index is 11.8. The summed E-state index contributed by atoms with van der Waals surface area (Å²) in [6.07, 6.45) is 3.14. The minimum atomic E-state index is -0.349. The van der Waals surface area contributed by atoms with E-state index in [9.17, 15) is 4.79 Å². The van der Waals surface area contributed by atoms with E-state index in [2.05, 4.69) is 42.7 Å². The average Bonchev–Trinajstić information content (AvgIpc) is 2.86. The van der Waals surface area contributed by atoms with E-state index >= 15 is 0 Å². The number of carbonyl (C=O) groups excluding carboxylic acids is 1. The van der Waals surface area contributed by atoms with Gasteiger partial charge in [-0.15, -0.1) is 0 Å². The fourth-order valence-electron chi connectivity index (χ4n) is 1.73. The Bertz CT molecular complexity index is 678. The van der Waals surface area contributed by atoms with Crippen molar-refractivity contribution in [3.8, 4) is 0 Å². The first-order chi connectivity index (χ1) is 9.99. The highest BCUT2D eigenvalue weighted by atomic mass is 79.9. The largest absolute Gasteiger partial charge is 0.378 e. The molecule has 0 fully saturated rings. The Kier molecular flexibility index (Phi) is 4.74. The minimum absolute atomic E-state index is 0.340. The molecule has 0 spiro atoms. The van der Waals surface area contributed by atoms with Gasteiger partial charge < -0.3 is 4.90 Å². The van der Waals surface area contributed by atoms with Gasteiger partial charge in [0.1, 0.15) is 5.69 Å². The molecule has 1 amide bonds. The first-order valence-electron chi connectivity index (χ1n) is 6.29. The Morgan fingerprint density at radius 2 is 2.24 bits per heavy atom. The van der Waals surface area contributed by atoms with Crippen molar-refractivity contribution in [2.45, 2.75) is 6.92 Å². The molecule has 0 radical (unpaired) electrons. The van der Waals surface area contributed by atoms with Crippen LogP contribution in [-0.4, -0.2) is 36.4 Å². The van der Waals surface area contributed by atoms with Crippen LogP contribution in [0.2, 0.25) is 0 Å². The summed E-state index contributed by atoms with van der Waals surface area (Å²) in [6.45, 7) is 2.00. The third-order valence-corrected chi connectivity index (χ3v) is 3.56. The van der Waals surface area contributed by atoms with Crippen LogP contribution in [0.4, 0.5) is 5.69 Å². The van der Waals surface area contributed by atoms with E-state index in [0.29, 0.717) is 10.2 Å². The van der Waals surface area contributed by atoms with Gasteiger partial charge in [0.15, 0.2) is 0 Å². The van der Waals surface area contributed by atoms with Gasteiger partial charge in [-0.2, -0.15) is 10.2 Å². The second-order valence-corrected chi connectivity index (χ2v) is 5.58. The normalized spacial score (nSPS) is 10.9. The molecule has 0 aliphatic carbocycles. The first-order valence-corrected chi connectivity index (χ1v) is 7.08. The van der Waals surface area contributed by atoms with E-state index in [0.717, 1.165) is 16.8 Å². The van der Waals surface area contributed by atoms with E-state index in [-0.39, 0.29) is 5.91 Å². The molecule has 1 aromatic carbocycles. The van der Waals surface area contributed by atoms with E-state index in [4.69, 9.17) is 0 Å². The molecular formula is C14H16BrN5O. The number of carbonyl (C=O) groups is 1. The van der Waals surface area contributed by atoms with Crippen molar-refractivity contribution in [2.75, 3.05) is 19.0 Å². The average molecular weight is 350 g/mol. The number of hydrogen-bond donors (Lipinski definition) is 2. The molecular weight excluding hydrogens is 334 g/mol. The number of hydrazone groups is 1. The van der Waals surface area contributed by atoms with Crippen molar-refractivity contribution >= 4 is 33.7 Å². The molecule has 0 unspecified atom stereocenters. The maximum absolute atomic E-state index is 11.8. The molecule has 6 nitrogen and oxygen atoms in total. The van der Waals surface area contributed by atoms with Crippen LogP contribution in [0, 0.1) is 6.92 Å². The molecule has 0 saturated carbocycles. The van der Waals surface area contributed by atoms with Crippen molar-refractivity contribution in [1.29, 1.82) is 0 Å². The molecule has 1 aromatic heterocycles. The van der Waals surface area contributed by atoms with Gasteiger partial charge in [0, 0.05) is 19.8 Å². The lowest BCUT2D eigenvalue weighted by Gasteiger charge is -2.13. The highest BCUT2D eigenvalue weighted by molar-refractivity contribution is 9.10. The Hall–Kier alpha value is -2.15. The summed E-state index contributed by atoms with van der Waals surface area (Å²) in [5.41, 5.74) is 5.95. The number of amides is 1. The van der Waals surface area contributed by atoms with Gasteiger partial charge in [-0.25, -0.2) is 5.43 Å². The quantitative estimate of drug-likeness (QED) is 0.657. The number of H-pyrrole nitrogens is 1. The number of halogens is 1. The Balaban J connectivity index is 2.05. The first kappa shape index (κ1) is 15.2. The fraction of sp³-hybridized carbons (Fsp3) is 0.214. The van der Waals surface area contributed by atoms with Crippen LogP contribution in [0.25, 0.3) is 0 Å². The van der Waals surface area contributed by atoms with Crippen LogP contribution in [-0.2, 0) is 0 Å². The van der Waals surface area contributed by atoms with Crippen LogP contribution in [0.5, 0.6) is 0 Å². The minimum Gasteiger partial charge on any atom is -0.378 e. The summed E-state index contributed by atoms with van der Waals surface area (Å²) < 4.78 is 0.599. The zero-order chi connectivity index (χ0) is 15.4. The van der Waals surface area contributed by atoms with Crippen LogP contribution in [0.3, 0.4) is 0 Å². The predicted octanol–water partition coefficient (Wildman–Crippen LogP) is 2.31. The molecule has 110 valence electrons. The molecule has 21 heavy (non-hydrogen) atoms. The second kappa shape index (κ2) is 6.53. The summed E-state index contributed by atoms with van der Waals surface area (Å²) in [7, 11) is 3.98. The Morgan fingerprint density at radius 1 is 1.48 bits per heavy atom. The van der Waals surface area contributed by atoms with Gasteiger partial charge in [0.05, 0.1) is 16.9 Å². The van der Waals surface area contributed by atoms with Gasteiger partial charge in [-0.1, -0.05) is 6.07 Å². The van der Waals surface area contributed by atoms with E-state index in [1.54, 1.807) is 6.21 Å². The van der Waals surface area contributed by atoms with E-state index in [1.165, 1.54) is 6.20 Å². The molecule has 0 atom stereocenters. The third-order valence-electron chi connectivity index (χ3n) is 2.96. The lowest BCUT2D eigenvalue weighted by molar-refractivity contribution is 0.0949. The Labute approximate surface area is 131 Å². The Morgan fingerprint density at radius 3 is 2.81 bits per heavy atom. The summed E-state index contributed by atoms with van der Waals surface area (Å²) in [5.74, 6) is -0.349. The van der Waals surface area contributed by atoms with Crippen molar-refractivity contribution in [3.63, 3.8) is 0 Å². The number of rotatable bonds is 4. The lowest BCUT2D eigenvalue weighted by atomic mass is 10.1. The summed E-state index contributed by atoms with van der Waals surface area (Å²) in [5, 5.41) is 10.3. The highest BCUT2D eigenvalue weighted by Crippen LogP contribution is 2.16. The number of aromatic amines is 1. The summed E-state index contributed by atoms with van der Waals surface area (Å²) in [6, 6.07) is 6.03.